The minimum Gasteiger partial charge on any atom is -0.340 e. The van der Waals surface area contributed by atoms with Crippen molar-refractivity contribution in [2.45, 2.75) is 45.2 Å². The second-order valence-corrected chi connectivity index (χ2v) is 8.42. The van der Waals surface area contributed by atoms with Gasteiger partial charge in [-0.05, 0) is 55.4 Å². The fourth-order valence-electron chi connectivity index (χ4n) is 4.58. The molecule has 2 aliphatic rings. The third-order valence-electron chi connectivity index (χ3n) is 6.28. The van der Waals surface area contributed by atoms with Gasteiger partial charge in [-0.2, -0.15) is 0 Å². The number of likely N-dealkylation sites (N-methyl/N-ethyl adjacent to an activating group) is 1. The molecule has 6 nitrogen and oxygen atoms in total. The molecule has 1 aliphatic carbocycles. The van der Waals surface area contributed by atoms with Gasteiger partial charge >= 0.3 is 6.03 Å². The van der Waals surface area contributed by atoms with Crippen LogP contribution in [0, 0.1) is 13.8 Å². The van der Waals surface area contributed by atoms with E-state index in [2.05, 4.69) is 11.4 Å². The molecule has 1 atom stereocenters. The lowest BCUT2D eigenvalue weighted by atomic mass is 9.76. The Kier molecular flexibility index (Phi) is 5.10. The minimum atomic E-state index is -1.04. The molecule has 0 radical (unpaired) electrons. The molecule has 4 amide bonds. The number of nitrogens with zero attached hydrogens (tertiary/aromatic N) is 2. The number of imide groups is 1. The summed E-state index contributed by atoms with van der Waals surface area (Å²) in [5.74, 6) is -0.590. The van der Waals surface area contributed by atoms with Gasteiger partial charge in [-0.3, -0.25) is 14.5 Å². The van der Waals surface area contributed by atoms with E-state index in [-0.39, 0.29) is 18.4 Å². The number of nitrogens with one attached hydrogen (secondary N) is 1. The van der Waals surface area contributed by atoms with E-state index < -0.39 is 11.6 Å². The van der Waals surface area contributed by atoms with Crippen LogP contribution in [-0.4, -0.2) is 41.2 Å². The normalized spacial score (nSPS) is 20.3. The van der Waals surface area contributed by atoms with Gasteiger partial charge in [0, 0.05) is 13.6 Å². The molecule has 156 valence electrons. The summed E-state index contributed by atoms with van der Waals surface area (Å²) in [5.41, 5.74) is 4.22. The highest BCUT2D eigenvalue weighted by Gasteiger charge is 2.54. The Morgan fingerprint density at radius 3 is 2.70 bits per heavy atom. The first-order chi connectivity index (χ1) is 14.3. The molecule has 1 N–H and O–H groups in total. The Labute approximate surface area is 176 Å². The third-order valence-corrected chi connectivity index (χ3v) is 6.28. The molecule has 4 rings (SSSR count). The van der Waals surface area contributed by atoms with Gasteiger partial charge in [-0.25, -0.2) is 4.79 Å². The maximum atomic E-state index is 13.3. The predicted molar refractivity (Wildman–Crippen MR) is 114 cm³/mol. The topological polar surface area (TPSA) is 69.7 Å². The van der Waals surface area contributed by atoms with Crippen LogP contribution in [0.15, 0.2) is 42.5 Å². The van der Waals surface area contributed by atoms with Crippen LogP contribution in [-0.2, 0) is 28.1 Å². The number of rotatable bonds is 4. The van der Waals surface area contributed by atoms with Gasteiger partial charge < -0.3 is 10.2 Å². The van der Waals surface area contributed by atoms with E-state index in [4.69, 9.17) is 0 Å². The minimum absolute atomic E-state index is 0.254. The summed E-state index contributed by atoms with van der Waals surface area (Å²) in [6.45, 7) is 4.23. The van der Waals surface area contributed by atoms with Crippen molar-refractivity contribution < 1.29 is 14.4 Å². The molecule has 0 aromatic heterocycles. The second-order valence-electron chi connectivity index (χ2n) is 8.42. The van der Waals surface area contributed by atoms with E-state index in [1.165, 1.54) is 5.56 Å². The molecule has 30 heavy (non-hydrogen) atoms. The number of hydrogen-bond donors (Lipinski definition) is 1. The third kappa shape index (κ3) is 3.36. The summed E-state index contributed by atoms with van der Waals surface area (Å²) < 4.78 is 0. The van der Waals surface area contributed by atoms with Crippen LogP contribution in [0.4, 0.5) is 4.79 Å². The Morgan fingerprint density at radius 2 is 1.93 bits per heavy atom. The van der Waals surface area contributed by atoms with Crippen LogP contribution in [0.3, 0.4) is 0 Å². The van der Waals surface area contributed by atoms with Crippen LogP contribution in [0.2, 0.25) is 0 Å². The van der Waals surface area contributed by atoms with Crippen molar-refractivity contribution in [3.05, 3.63) is 70.3 Å². The molecular formula is C24H27N3O3. The zero-order valence-corrected chi connectivity index (χ0v) is 17.7. The van der Waals surface area contributed by atoms with Gasteiger partial charge in [-0.1, -0.05) is 48.0 Å². The number of amides is 4. The lowest BCUT2D eigenvalue weighted by molar-refractivity contribution is -0.139. The van der Waals surface area contributed by atoms with E-state index in [0.29, 0.717) is 13.0 Å². The first-order valence-electron chi connectivity index (χ1n) is 10.3. The van der Waals surface area contributed by atoms with E-state index in [0.717, 1.165) is 40.0 Å². The van der Waals surface area contributed by atoms with Crippen molar-refractivity contribution in [1.82, 2.24) is 15.1 Å². The van der Waals surface area contributed by atoms with E-state index in [9.17, 15) is 14.4 Å². The van der Waals surface area contributed by atoms with Gasteiger partial charge in [0.2, 0.25) is 5.91 Å². The van der Waals surface area contributed by atoms with Crippen LogP contribution in [0.5, 0.6) is 0 Å². The fourth-order valence-corrected chi connectivity index (χ4v) is 4.58. The van der Waals surface area contributed by atoms with Crippen molar-refractivity contribution in [3.63, 3.8) is 0 Å². The number of carbonyl (C=O) groups excluding carboxylic acids is 3. The molecule has 2 aromatic carbocycles. The number of fused-ring (bicyclic) bond motifs is 2. The Hall–Kier alpha value is -3.15. The van der Waals surface area contributed by atoms with Crippen molar-refractivity contribution in [2.24, 2.45) is 0 Å². The van der Waals surface area contributed by atoms with E-state index >= 15 is 0 Å². The van der Waals surface area contributed by atoms with E-state index in [1.807, 2.05) is 50.2 Å². The van der Waals surface area contributed by atoms with Crippen molar-refractivity contribution in [2.75, 3.05) is 13.6 Å². The molecule has 1 saturated heterocycles. The smallest absolute Gasteiger partial charge is 0.325 e. The molecule has 1 spiro atoms. The van der Waals surface area contributed by atoms with Gasteiger partial charge in [0.05, 0.1) is 0 Å². The average molecular weight is 405 g/mol. The number of urea groups is 1. The van der Waals surface area contributed by atoms with Gasteiger partial charge in [-0.15, -0.1) is 0 Å². The van der Waals surface area contributed by atoms with Gasteiger partial charge in [0.15, 0.2) is 0 Å². The number of aryl methyl sites for hydroxylation is 3. The molecule has 0 saturated carbocycles. The molecule has 1 heterocycles. The first kappa shape index (κ1) is 20.1. The zero-order chi connectivity index (χ0) is 21.5. The van der Waals surface area contributed by atoms with Crippen molar-refractivity contribution in [3.8, 4) is 0 Å². The summed E-state index contributed by atoms with van der Waals surface area (Å²) in [7, 11) is 1.70. The van der Waals surface area contributed by atoms with Crippen LogP contribution in [0.1, 0.15) is 40.7 Å². The van der Waals surface area contributed by atoms with Crippen molar-refractivity contribution >= 4 is 17.8 Å². The fraction of sp³-hybridized carbons (Fsp3) is 0.375. The zero-order valence-electron chi connectivity index (χ0n) is 17.7. The second kappa shape index (κ2) is 7.59. The molecule has 6 heteroatoms. The molecule has 1 fully saturated rings. The molecule has 0 unspecified atom stereocenters. The highest BCUT2D eigenvalue weighted by Crippen LogP contribution is 2.39. The monoisotopic (exact) mass is 405 g/mol. The highest BCUT2D eigenvalue weighted by atomic mass is 16.2. The lowest BCUT2D eigenvalue weighted by Crippen LogP contribution is -2.47. The molecular weight excluding hydrogens is 378 g/mol. The van der Waals surface area contributed by atoms with Crippen LogP contribution in [0.25, 0.3) is 0 Å². The van der Waals surface area contributed by atoms with Gasteiger partial charge in [0.25, 0.3) is 5.91 Å². The van der Waals surface area contributed by atoms with Crippen LogP contribution < -0.4 is 5.32 Å². The van der Waals surface area contributed by atoms with Crippen molar-refractivity contribution in [1.29, 1.82) is 0 Å². The number of benzene rings is 2. The Morgan fingerprint density at radius 1 is 1.17 bits per heavy atom. The standard InChI is InChI=1S/C24H27N3O3/c1-16-10-11-19(17(2)13-16)14-26(3)21(28)15-27-22(29)24(25-23(27)30)12-6-8-18-7-4-5-9-20(18)24/h4-5,7,9-11,13H,6,8,12,14-15H2,1-3H3,(H,25,30)/t24-/m0/s1. The lowest BCUT2D eigenvalue weighted by Gasteiger charge is -2.33. The summed E-state index contributed by atoms with van der Waals surface area (Å²) in [5, 5.41) is 2.90. The SMILES string of the molecule is Cc1ccc(CN(C)C(=O)CN2C(=O)N[C@]3(CCCc4ccccc43)C2=O)c(C)c1. The van der Waals surface area contributed by atoms with Crippen LogP contribution >= 0.6 is 0 Å². The highest BCUT2D eigenvalue weighted by molar-refractivity contribution is 6.09. The molecule has 2 aromatic rings. The molecule has 1 aliphatic heterocycles. The number of hydrogen-bond acceptors (Lipinski definition) is 3. The van der Waals surface area contributed by atoms with Gasteiger partial charge in [0.1, 0.15) is 12.1 Å². The average Bonchev–Trinajstić information content (AvgIpc) is 2.95. The maximum Gasteiger partial charge on any atom is 0.325 e. The number of carbonyl (C=O) groups is 3. The summed E-state index contributed by atoms with van der Waals surface area (Å²) in [6.07, 6.45) is 2.26. The van der Waals surface area contributed by atoms with E-state index in [1.54, 1.807) is 11.9 Å². The summed E-state index contributed by atoms with van der Waals surface area (Å²) >= 11 is 0. The summed E-state index contributed by atoms with van der Waals surface area (Å²) in [4.78, 5) is 41.5. The predicted octanol–water partition coefficient (Wildman–Crippen LogP) is 3.05. The largest absolute Gasteiger partial charge is 0.340 e. The first-order valence-corrected chi connectivity index (χ1v) is 10.3. The Bertz CT molecular complexity index is 1030. The quantitative estimate of drug-likeness (QED) is 0.795. The molecule has 0 bridgehead atoms. The Balaban J connectivity index is 1.51. The maximum absolute atomic E-state index is 13.3. The summed E-state index contributed by atoms with van der Waals surface area (Å²) in [6, 6.07) is 13.4.